The van der Waals surface area contributed by atoms with E-state index in [0.717, 1.165) is 6.07 Å². The van der Waals surface area contributed by atoms with Crippen molar-refractivity contribution in [1.82, 2.24) is 9.80 Å². The van der Waals surface area contributed by atoms with Gasteiger partial charge in [0.1, 0.15) is 17.5 Å². The largest absolute Gasteiger partial charge is 0.384 e. The maximum absolute atomic E-state index is 14.5. The van der Waals surface area contributed by atoms with Gasteiger partial charge in [-0.15, -0.1) is 12.4 Å². The Morgan fingerprint density at radius 3 is 2.09 bits per heavy atom. The summed E-state index contributed by atoms with van der Waals surface area (Å²) in [5.41, 5.74) is -0.188. The van der Waals surface area contributed by atoms with Crippen LogP contribution in [0, 0.1) is 35.2 Å². The number of amides is 1. The molecule has 8 heteroatoms. The highest BCUT2D eigenvalue weighted by Crippen LogP contribution is 2.43. The molecule has 0 saturated carbocycles. The summed E-state index contributed by atoms with van der Waals surface area (Å²) in [6, 6.07) is 9.39. The Hall–Kier alpha value is -2.09. The van der Waals surface area contributed by atoms with Crippen LogP contribution in [-0.2, 0) is 10.4 Å². The summed E-state index contributed by atoms with van der Waals surface area (Å²) in [5, 5.41) is 11.5. The van der Waals surface area contributed by atoms with Crippen molar-refractivity contribution in [2.45, 2.75) is 25.4 Å². The number of benzene rings is 2. The molecular weight excluding hydrogens is 453 g/mol. The monoisotopic (exact) mass is 482 g/mol. The molecule has 0 aliphatic carbocycles. The van der Waals surface area contributed by atoms with Gasteiger partial charge in [-0.05, 0) is 36.4 Å². The minimum Gasteiger partial charge on any atom is -0.384 e. The number of likely N-dealkylation sites (tertiary alicyclic amines) is 2. The highest BCUT2D eigenvalue weighted by atomic mass is 35.5. The van der Waals surface area contributed by atoms with E-state index in [2.05, 4.69) is 0 Å². The summed E-state index contributed by atoms with van der Waals surface area (Å²) < 4.78 is 41.3. The first kappa shape index (κ1) is 25.5. The van der Waals surface area contributed by atoms with E-state index in [0.29, 0.717) is 37.3 Å². The highest BCUT2D eigenvalue weighted by molar-refractivity contribution is 5.85. The van der Waals surface area contributed by atoms with Crippen LogP contribution in [-0.4, -0.2) is 54.0 Å². The van der Waals surface area contributed by atoms with Crippen LogP contribution in [0.1, 0.15) is 30.9 Å². The van der Waals surface area contributed by atoms with Crippen molar-refractivity contribution < 1.29 is 23.1 Å². The lowest BCUT2D eigenvalue weighted by Crippen LogP contribution is -2.57. The fourth-order valence-electron chi connectivity index (χ4n) is 5.57. The maximum Gasteiger partial charge on any atom is 0.227 e. The van der Waals surface area contributed by atoms with Crippen LogP contribution in [0.4, 0.5) is 13.2 Å². The number of aliphatic hydroxyl groups is 1. The van der Waals surface area contributed by atoms with Crippen LogP contribution in [0.5, 0.6) is 0 Å². The van der Waals surface area contributed by atoms with E-state index in [1.807, 2.05) is 25.8 Å². The number of hydrogen-bond donors (Lipinski definition) is 1. The molecule has 4 nitrogen and oxygen atoms in total. The number of likely N-dealkylation sites (N-methyl/N-ethyl adjacent to an activating group) is 1. The van der Waals surface area contributed by atoms with Crippen molar-refractivity contribution in [2.75, 3.05) is 33.2 Å². The number of piperidine rings is 1. The number of carbonyl (C=O) groups is 1. The van der Waals surface area contributed by atoms with Gasteiger partial charge >= 0.3 is 0 Å². The Morgan fingerprint density at radius 2 is 1.52 bits per heavy atom. The Balaban J connectivity index is 0.00000306. The van der Waals surface area contributed by atoms with Gasteiger partial charge in [-0.3, -0.25) is 4.79 Å². The minimum absolute atomic E-state index is 0. The zero-order chi connectivity index (χ0) is 23.2. The highest BCUT2D eigenvalue weighted by Gasteiger charge is 2.49. The second-order valence-corrected chi connectivity index (χ2v) is 9.48. The van der Waals surface area contributed by atoms with Gasteiger partial charge in [-0.2, -0.15) is 0 Å². The number of hydrogen-bond acceptors (Lipinski definition) is 3. The average Bonchev–Trinajstić information content (AvgIpc) is 3.12. The summed E-state index contributed by atoms with van der Waals surface area (Å²) in [4.78, 5) is 17.3. The molecule has 1 N–H and O–H groups in total. The molecule has 0 aromatic heterocycles. The van der Waals surface area contributed by atoms with Crippen LogP contribution >= 0.6 is 12.4 Å². The molecule has 2 aromatic carbocycles. The lowest BCUT2D eigenvalue weighted by molar-refractivity contribution is -0.152. The third-order valence-electron chi connectivity index (χ3n) is 7.29. The average molecular weight is 483 g/mol. The molecular formula is C25H30ClF3N2O2. The Bertz CT molecular complexity index is 992. The van der Waals surface area contributed by atoms with E-state index >= 15 is 0 Å². The van der Waals surface area contributed by atoms with Gasteiger partial charge in [-0.25, -0.2) is 13.2 Å². The van der Waals surface area contributed by atoms with Crippen LogP contribution in [0.3, 0.4) is 0 Å². The van der Waals surface area contributed by atoms with Crippen molar-refractivity contribution >= 4 is 18.3 Å². The number of nitrogens with zero attached hydrogens (tertiary/aromatic N) is 2. The lowest BCUT2D eigenvalue weighted by atomic mass is 9.70. The first-order chi connectivity index (χ1) is 15.1. The molecule has 180 valence electrons. The van der Waals surface area contributed by atoms with Crippen LogP contribution in [0.25, 0.3) is 0 Å². The molecule has 0 bridgehead atoms. The van der Waals surface area contributed by atoms with E-state index < -0.39 is 23.2 Å². The smallest absolute Gasteiger partial charge is 0.227 e. The third kappa shape index (κ3) is 4.63. The van der Waals surface area contributed by atoms with E-state index in [1.54, 1.807) is 17.0 Å². The van der Waals surface area contributed by atoms with E-state index in [-0.39, 0.29) is 41.9 Å². The van der Waals surface area contributed by atoms with Gasteiger partial charge < -0.3 is 14.9 Å². The molecule has 2 aliphatic rings. The summed E-state index contributed by atoms with van der Waals surface area (Å²) in [5.74, 6) is -3.08. The van der Waals surface area contributed by atoms with Gasteiger partial charge in [0.05, 0.1) is 11.5 Å². The lowest BCUT2D eigenvalue weighted by Gasteiger charge is -2.48. The first-order valence-electron chi connectivity index (χ1n) is 11.0. The quantitative estimate of drug-likeness (QED) is 0.714. The molecule has 4 atom stereocenters. The standard InChI is InChI=1S/C25H29F3N2O2.ClH/c1-15-11-30(12-16(2)25(15,32)17-4-6-18(26)7-5-17)24(31)22-14-29(3)13-21(22)20-9-8-19(27)10-23(20)28;/h4-10,15-16,21-22,32H,11-14H2,1-3H3;1H/t15?,16?,21-,22+,25?;/m0./s1. The van der Waals surface area contributed by atoms with Crippen molar-refractivity contribution in [3.8, 4) is 0 Å². The summed E-state index contributed by atoms with van der Waals surface area (Å²) >= 11 is 0. The molecule has 4 rings (SSSR count). The van der Waals surface area contributed by atoms with Crippen LogP contribution in [0.2, 0.25) is 0 Å². The fourth-order valence-corrected chi connectivity index (χ4v) is 5.57. The second kappa shape index (κ2) is 9.65. The van der Waals surface area contributed by atoms with Gasteiger partial charge in [0, 0.05) is 50.0 Å². The van der Waals surface area contributed by atoms with Crippen molar-refractivity contribution in [2.24, 2.45) is 17.8 Å². The summed E-state index contributed by atoms with van der Waals surface area (Å²) in [7, 11) is 1.89. The molecule has 2 aromatic rings. The van der Waals surface area contributed by atoms with Gasteiger partial charge in [0.2, 0.25) is 5.91 Å². The number of carbonyl (C=O) groups excluding carboxylic acids is 1. The second-order valence-electron chi connectivity index (χ2n) is 9.48. The first-order valence-corrected chi connectivity index (χ1v) is 11.0. The molecule has 1 amide bonds. The van der Waals surface area contributed by atoms with Crippen molar-refractivity contribution in [3.05, 3.63) is 71.0 Å². The molecule has 33 heavy (non-hydrogen) atoms. The summed E-state index contributed by atoms with van der Waals surface area (Å²) in [6.07, 6.45) is 0. The third-order valence-corrected chi connectivity index (χ3v) is 7.29. The number of halogens is 4. The van der Waals surface area contributed by atoms with Gasteiger partial charge in [-0.1, -0.05) is 32.0 Å². The molecule has 2 aliphatic heterocycles. The Labute approximate surface area is 198 Å². The van der Waals surface area contributed by atoms with Crippen molar-refractivity contribution in [3.63, 3.8) is 0 Å². The normalized spacial score (nSPS) is 30.2. The SMILES string of the molecule is CC1CN(C(=O)[C@@H]2CN(C)C[C@H]2c2ccc(F)cc2F)CC(C)C1(O)c1ccc(F)cc1.Cl. The number of rotatable bonds is 3. The van der Waals surface area contributed by atoms with Gasteiger partial charge in [0.25, 0.3) is 0 Å². The topological polar surface area (TPSA) is 43.8 Å². The van der Waals surface area contributed by atoms with E-state index in [9.17, 15) is 23.1 Å². The van der Waals surface area contributed by atoms with Crippen LogP contribution < -0.4 is 0 Å². The predicted molar refractivity (Wildman–Crippen MR) is 123 cm³/mol. The Kier molecular flexibility index (Phi) is 7.46. The Morgan fingerprint density at radius 1 is 0.939 bits per heavy atom. The van der Waals surface area contributed by atoms with E-state index in [4.69, 9.17) is 0 Å². The maximum atomic E-state index is 14.5. The zero-order valence-corrected chi connectivity index (χ0v) is 19.8. The molecule has 0 spiro atoms. The minimum atomic E-state index is -1.18. The predicted octanol–water partition coefficient (Wildman–Crippen LogP) is 4.17. The van der Waals surface area contributed by atoms with Crippen molar-refractivity contribution in [1.29, 1.82) is 0 Å². The summed E-state index contributed by atoms with van der Waals surface area (Å²) in [6.45, 7) is 5.46. The molecule has 2 unspecified atom stereocenters. The fraction of sp³-hybridized carbons (Fsp3) is 0.480. The zero-order valence-electron chi connectivity index (χ0n) is 19.0. The van der Waals surface area contributed by atoms with Gasteiger partial charge in [0.15, 0.2) is 0 Å². The molecule has 2 heterocycles. The van der Waals surface area contributed by atoms with Crippen LogP contribution in [0.15, 0.2) is 42.5 Å². The molecule has 0 radical (unpaired) electrons. The molecule has 2 fully saturated rings. The van der Waals surface area contributed by atoms with E-state index in [1.165, 1.54) is 24.3 Å². The molecule has 2 saturated heterocycles.